The number of nitrogens with two attached hydrogens (primary N) is 1. The van der Waals surface area contributed by atoms with Gasteiger partial charge in [0, 0.05) is 24.9 Å². The molecule has 1 atom stereocenters. The first-order valence-electron chi connectivity index (χ1n) is 13.4. The number of rotatable bonds is 5. The van der Waals surface area contributed by atoms with Gasteiger partial charge in [0.2, 0.25) is 0 Å². The number of thiazole rings is 1. The molecule has 2 fully saturated rings. The minimum Gasteiger partial charge on any atom is -0.447 e. The number of benzene rings is 2. The highest BCUT2D eigenvalue weighted by Gasteiger charge is 2.34. The first kappa shape index (κ1) is 30.0. The summed E-state index contributed by atoms with van der Waals surface area (Å²) in [6, 6.07) is 12.1. The van der Waals surface area contributed by atoms with E-state index in [1.165, 1.54) is 30.2 Å². The van der Waals surface area contributed by atoms with Crippen LogP contribution in [0.3, 0.4) is 0 Å². The van der Waals surface area contributed by atoms with Crippen LogP contribution in [0.5, 0.6) is 0 Å². The molecular weight excluding hydrogens is 585 g/mol. The van der Waals surface area contributed by atoms with E-state index in [1.807, 2.05) is 11.0 Å². The van der Waals surface area contributed by atoms with Gasteiger partial charge >= 0.3 is 12.3 Å². The van der Waals surface area contributed by atoms with Crippen molar-refractivity contribution in [2.45, 2.75) is 44.6 Å². The largest absolute Gasteiger partial charge is 0.447 e. The van der Waals surface area contributed by atoms with Gasteiger partial charge in [-0.25, -0.2) is 14.8 Å². The third-order valence-corrected chi connectivity index (χ3v) is 8.25. The fourth-order valence-electron chi connectivity index (χ4n) is 4.98. The van der Waals surface area contributed by atoms with E-state index >= 15 is 0 Å². The van der Waals surface area contributed by atoms with Gasteiger partial charge in [-0.05, 0) is 49.1 Å². The van der Waals surface area contributed by atoms with Gasteiger partial charge in [0.15, 0.2) is 0 Å². The number of anilines is 1. The summed E-state index contributed by atoms with van der Waals surface area (Å²) in [5.41, 5.74) is 7.66. The van der Waals surface area contributed by atoms with Crippen molar-refractivity contribution in [1.29, 1.82) is 5.26 Å². The molecule has 43 heavy (non-hydrogen) atoms. The maximum absolute atomic E-state index is 13.3. The van der Waals surface area contributed by atoms with Crippen LogP contribution in [0.2, 0.25) is 0 Å². The number of nitrogen functional groups attached to an aromatic ring is 1. The molecule has 2 aliphatic rings. The second kappa shape index (κ2) is 12.4. The summed E-state index contributed by atoms with van der Waals surface area (Å²) < 4.78 is 50.5. The Balaban J connectivity index is 0.000000308. The molecule has 2 aromatic heterocycles. The van der Waals surface area contributed by atoms with Gasteiger partial charge < -0.3 is 20.1 Å². The third kappa shape index (κ3) is 6.47. The molecule has 14 heteroatoms. The molecule has 2 aliphatic heterocycles. The number of hydrogen-bond acceptors (Lipinski definition) is 9. The monoisotopic (exact) mass is 612 g/mol. The van der Waals surface area contributed by atoms with Gasteiger partial charge in [0.1, 0.15) is 28.9 Å². The first-order chi connectivity index (χ1) is 20.6. The number of alkyl halides is 3. The number of hydrogen-bond donors (Lipinski definition) is 1. The number of fused-ring (bicyclic) bond motifs is 2. The van der Waals surface area contributed by atoms with Gasteiger partial charge in [-0.1, -0.05) is 12.1 Å². The zero-order chi connectivity index (χ0) is 30.7. The molecule has 4 aromatic rings. The summed E-state index contributed by atoms with van der Waals surface area (Å²) in [5, 5.41) is 9.27. The molecule has 0 bridgehead atoms. The average molecular weight is 613 g/mol. The fraction of sp³-hybridized carbons (Fsp3) is 0.345. The lowest BCUT2D eigenvalue weighted by Gasteiger charge is -2.25. The molecule has 6 rings (SSSR count). The lowest BCUT2D eigenvalue weighted by atomic mass is 10.0. The summed E-state index contributed by atoms with van der Waals surface area (Å²) in [6.45, 7) is 1.76. The molecule has 2 saturated heterocycles. The van der Waals surface area contributed by atoms with Crippen molar-refractivity contribution in [1.82, 2.24) is 19.4 Å². The SMILES string of the molecule is COCc1nc2cc(-c3ncc(C(F)(F)F)s3)c(N)cc2c(=O)n1Cc1ccc(C#N)cc1.O=C1OCC2CCCCN12. The number of ether oxygens (including phenoxy) is 2. The van der Waals surface area contributed by atoms with Crippen LogP contribution < -0.4 is 11.3 Å². The molecule has 224 valence electrons. The van der Waals surface area contributed by atoms with Crippen LogP contribution in [0, 0.1) is 11.3 Å². The van der Waals surface area contributed by atoms with Crippen molar-refractivity contribution in [2.24, 2.45) is 0 Å². The van der Waals surface area contributed by atoms with E-state index in [0.29, 0.717) is 35.4 Å². The van der Waals surface area contributed by atoms with E-state index in [2.05, 4.69) is 9.97 Å². The maximum atomic E-state index is 13.3. The Kier molecular flexibility index (Phi) is 8.65. The zero-order valence-corrected chi connectivity index (χ0v) is 23.9. The fourth-order valence-corrected chi connectivity index (χ4v) is 5.80. The molecule has 1 unspecified atom stereocenters. The predicted octanol–water partition coefficient (Wildman–Crippen LogP) is 5.18. The molecule has 2 N–H and O–H groups in total. The van der Waals surface area contributed by atoms with Crippen LogP contribution in [-0.4, -0.2) is 51.8 Å². The number of carbonyl (C=O) groups is 1. The van der Waals surface area contributed by atoms with E-state index in [4.69, 9.17) is 20.5 Å². The Morgan fingerprint density at radius 1 is 1.21 bits per heavy atom. The minimum atomic E-state index is -4.51. The smallest absolute Gasteiger partial charge is 0.427 e. The van der Waals surface area contributed by atoms with Gasteiger partial charge in [-0.3, -0.25) is 9.36 Å². The van der Waals surface area contributed by atoms with Crippen molar-refractivity contribution in [3.8, 4) is 16.6 Å². The van der Waals surface area contributed by atoms with Crippen molar-refractivity contribution >= 4 is 34.0 Å². The number of nitrogens with zero attached hydrogens (tertiary/aromatic N) is 5. The van der Waals surface area contributed by atoms with Crippen LogP contribution in [-0.2, 0) is 28.8 Å². The van der Waals surface area contributed by atoms with E-state index < -0.39 is 11.1 Å². The lowest BCUT2D eigenvalue weighted by Crippen LogP contribution is -2.37. The second-order valence-electron chi connectivity index (χ2n) is 10.1. The predicted molar refractivity (Wildman–Crippen MR) is 153 cm³/mol. The van der Waals surface area contributed by atoms with Crippen LogP contribution in [0.15, 0.2) is 47.4 Å². The Labute approximate surface area is 248 Å². The standard InChI is InChI=1S/C22H16F3N5O2S.C7H11NO2/c1-32-11-19-29-17-7-14(20-28-9-18(33-20)22(23,24)25)16(27)6-15(17)21(31)30(19)10-13-4-2-12(8-26)3-5-13;9-7-8-4-2-1-3-6(8)5-10-7/h2-7,9H,10-11,27H2,1H3;6H,1-5H2. The molecule has 0 radical (unpaired) electrons. The Hall–Kier alpha value is -4.48. The van der Waals surface area contributed by atoms with E-state index in [1.54, 1.807) is 24.3 Å². The number of cyclic esters (lactones) is 1. The highest BCUT2D eigenvalue weighted by atomic mass is 32.1. The molecule has 0 spiro atoms. The van der Waals surface area contributed by atoms with Crippen LogP contribution >= 0.6 is 11.3 Å². The quantitative estimate of drug-likeness (QED) is 0.305. The Morgan fingerprint density at radius 2 is 1.98 bits per heavy atom. The molecule has 1 amide bonds. The summed E-state index contributed by atoms with van der Waals surface area (Å²) >= 11 is 0.467. The maximum Gasteiger partial charge on any atom is 0.427 e. The van der Waals surface area contributed by atoms with Crippen LogP contribution in [0.1, 0.15) is 41.1 Å². The highest BCUT2D eigenvalue weighted by molar-refractivity contribution is 7.15. The van der Waals surface area contributed by atoms with Crippen molar-refractivity contribution in [3.05, 3.63) is 74.8 Å². The topological polar surface area (TPSA) is 136 Å². The summed E-state index contributed by atoms with van der Waals surface area (Å²) in [4.78, 5) is 33.6. The van der Waals surface area contributed by atoms with Crippen molar-refractivity contribution < 1.29 is 27.4 Å². The first-order valence-corrected chi connectivity index (χ1v) is 14.2. The molecule has 0 aliphatic carbocycles. The number of piperidine rings is 1. The number of nitriles is 1. The van der Waals surface area contributed by atoms with Gasteiger partial charge in [0.05, 0.1) is 41.3 Å². The van der Waals surface area contributed by atoms with E-state index in [9.17, 15) is 22.8 Å². The molecule has 0 saturated carbocycles. The number of amides is 1. The Morgan fingerprint density at radius 3 is 2.63 bits per heavy atom. The van der Waals surface area contributed by atoms with Crippen LogP contribution in [0.25, 0.3) is 21.5 Å². The van der Waals surface area contributed by atoms with Gasteiger partial charge in [0.25, 0.3) is 5.56 Å². The summed E-state index contributed by atoms with van der Waals surface area (Å²) in [7, 11) is 1.46. The molecule has 4 heterocycles. The van der Waals surface area contributed by atoms with Gasteiger partial charge in [-0.15, -0.1) is 11.3 Å². The number of carbonyl (C=O) groups excluding carboxylic acids is 1. The van der Waals surface area contributed by atoms with Crippen molar-refractivity contribution in [3.63, 3.8) is 0 Å². The average Bonchev–Trinajstić information content (AvgIpc) is 3.64. The summed E-state index contributed by atoms with van der Waals surface area (Å²) in [6.07, 6.45) is -0.340. The number of methoxy groups -OCH3 is 1. The molecular formula is C29H27F3N6O4S. The zero-order valence-electron chi connectivity index (χ0n) is 23.1. The lowest BCUT2D eigenvalue weighted by molar-refractivity contribution is -0.134. The highest BCUT2D eigenvalue weighted by Crippen LogP contribution is 2.39. The van der Waals surface area contributed by atoms with E-state index in [-0.39, 0.29) is 52.0 Å². The second-order valence-corrected chi connectivity index (χ2v) is 11.1. The normalized spacial score (nSPS) is 16.3. The van der Waals surface area contributed by atoms with Crippen molar-refractivity contribution in [2.75, 3.05) is 26.0 Å². The Bertz CT molecular complexity index is 1750. The third-order valence-electron chi connectivity index (χ3n) is 7.18. The van der Waals surface area contributed by atoms with E-state index in [0.717, 1.165) is 31.1 Å². The minimum absolute atomic E-state index is 0.0383. The number of halogens is 3. The van der Waals surface area contributed by atoms with Crippen LogP contribution in [0.4, 0.5) is 23.7 Å². The molecule has 10 nitrogen and oxygen atoms in total. The summed E-state index contributed by atoms with van der Waals surface area (Å²) in [5.74, 6) is 0.338. The van der Waals surface area contributed by atoms with Gasteiger partial charge in [-0.2, -0.15) is 18.4 Å². The molecule has 2 aromatic carbocycles. The number of aromatic nitrogens is 3.